The van der Waals surface area contributed by atoms with E-state index in [1.54, 1.807) is 54.6 Å². The Balaban J connectivity index is 1.59. The normalized spacial score (nSPS) is 10.1. The van der Waals surface area contributed by atoms with Crippen molar-refractivity contribution in [1.29, 1.82) is 0 Å². The van der Waals surface area contributed by atoms with Gasteiger partial charge in [0.05, 0.1) is 5.56 Å². The van der Waals surface area contributed by atoms with Crippen LogP contribution in [0.25, 0.3) is 0 Å². The molecule has 3 aromatic carbocycles. The maximum Gasteiger partial charge on any atom is 0.270 e. The molecule has 0 saturated heterocycles. The first-order valence-electron chi connectivity index (χ1n) is 8.78. The number of hydrazine groups is 1. The number of carbonyl (C=O) groups excluding carboxylic acids is 3. The van der Waals surface area contributed by atoms with E-state index in [0.717, 1.165) is 9.13 Å². The van der Waals surface area contributed by atoms with Crippen LogP contribution in [0.15, 0.2) is 72.8 Å². The number of nitrogens with one attached hydrogen (secondary N) is 3. The van der Waals surface area contributed by atoms with Gasteiger partial charge in [-0.1, -0.05) is 30.3 Å². The standard InChI is InChI=1S/C22H18IN3O3/c1-14-6-2-3-7-17(14)21(28)24-16-12-10-15(11-13-16)20(27)25-26-22(29)18-8-4-5-9-19(18)23/h2-13H,1H3,(H,24,28)(H,25,27)(H,26,29). The van der Waals surface area contributed by atoms with E-state index in [2.05, 4.69) is 38.8 Å². The van der Waals surface area contributed by atoms with Gasteiger partial charge in [-0.2, -0.15) is 0 Å². The van der Waals surface area contributed by atoms with Crippen molar-refractivity contribution in [2.75, 3.05) is 5.32 Å². The van der Waals surface area contributed by atoms with Crippen molar-refractivity contribution in [2.45, 2.75) is 6.92 Å². The number of anilines is 1. The van der Waals surface area contributed by atoms with Crippen molar-refractivity contribution in [3.8, 4) is 0 Å². The highest BCUT2D eigenvalue weighted by Gasteiger charge is 2.12. The Labute approximate surface area is 181 Å². The summed E-state index contributed by atoms with van der Waals surface area (Å²) >= 11 is 2.06. The molecule has 3 aromatic rings. The summed E-state index contributed by atoms with van der Waals surface area (Å²) in [4.78, 5) is 36.8. The van der Waals surface area contributed by atoms with E-state index in [-0.39, 0.29) is 5.91 Å². The molecule has 7 heteroatoms. The van der Waals surface area contributed by atoms with E-state index < -0.39 is 11.8 Å². The monoisotopic (exact) mass is 499 g/mol. The second-order valence-electron chi connectivity index (χ2n) is 6.23. The van der Waals surface area contributed by atoms with Gasteiger partial charge in [-0.3, -0.25) is 25.2 Å². The highest BCUT2D eigenvalue weighted by atomic mass is 127. The molecular weight excluding hydrogens is 481 g/mol. The van der Waals surface area contributed by atoms with Crippen molar-refractivity contribution in [2.24, 2.45) is 0 Å². The van der Waals surface area contributed by atoms with Gasteiger partial charge in [-0.25, -0.2) is 0 Å². The van der Waals surface area contributed by atoms with Gasteiger partial charge in [0.25, 0.3) is 17.7 Å². The zero-order chi connectivity index (χ0) is 20.8. The third-order valence-electron chi connectivity index (χ3n) is 4.20. The number of hydrogen-bond acceptors (Lipinski definition) is 3. The summed E-state index contributed by atoms with van der Waals surface area (Å²) < 4.78 is 0.783. The summed E-state index contributed by atoms with van der Waals surface area (Å²) in [6.45, 7) is 1.87. The van der Waals surface area contributed by atoms with Crippen LogP contribution < -0.4 is 16.2 Å². The number of benzene rings is 3. The van der Waals surface area contributed by atoms with Crippen LogP contribution in [-0.2, 0) is 0 Å². The van der Waals surface area contributed by atoms with Crippen LogP contribution in [0.4, 0.5) is 5.69 Å². The number of aryl methyl sites for hydroxylation is 1. The number of rotatable bonds is 4. The third kappa shape index (κ3) is 5.20. The fraction of sp³-hybridized carbons (Fsp3) is 0.0455. The molecule has 6 nitrogen and oxygen atoms in total. The molecule has 3 rings (SSSR count). The molecule has 0 bridgehead atoms. The van der Waals surface area contributed by atoms with Crippen LogP contribution in [0.5, 0.6) is 0 Å². The number of carbonyl (C=O) groups is 3. The summed E-state index contributed by atoms with van der Waals surface area (Å²) in [7, 11) is 0. The topological polar surface area (TPSA) is 87.3 Å². The maximum absolute atomic E-state index is 12.4. The molecule has 29 heavy (non-hydrogen) atoms. The minimum absolute atomic E-state index is 0.218. The van der Waals surface area contributed by atoms with Gasteiger partial charge in [0, 0.05) is 20.4 Å². The van der Waals surface area contributed by atoms with Crippen molar-refractivity contribution < 1.29 is 14.4 Å². The third-order valence-corrected chi connectivity index (χ3v) is 5.14. The molecule has 0 aliphatic heterocycles. The van der Waals surface area contributed by atoms with Gasteiger partial charge in [-0.05, 0) is 77.5 Å². The van der Waals surface area contributed by atoms with Crippen molar-refractivity contribution in [3.63, 3.8) is 0 Å². The summed E-state index contributed by atoms with van der Waals surface area (Å²) in [5, 5.41) is 2.80. The fourth-order valence-electron chi connectivity index (χ4n) is 2.63. The summed E-state index contributed by atoms with van der Waals surface area (Å²) in [6, 6.07) is 20.8. The highest BCUT2D eigenvalue weighted by Crippen LogP contribution is 2.14. The lowest BCUT2D eigenvalue weighted by Gasteiger charge is -2.10. The van der Waals surface area contributed by atoms with Gasteiger partial charge in [0.1, 0.15) is 0 Å². The lowest BCUT2D eigenvalue weighted by atomic mass is 10.1. The first-order valence-corrected chi connectivity index (χ1v) is 9.86. The van der Waals surface area contributed by atoms with Crippen LogP contribution in [0, 0.1) is 10.5 Å². The molecule has 0 unspecified atom stereocenters. The Morgan fingerprint density at radius 1 is 0.690 bits per heavy atom. The zero-order valence-electron chi connectivity index (χ0n) is 15.5. The Morgan fingerprint density at radius 3 is 1.93 bits per heavy atom. The molecule has 0 heterocycles. The number of halogens is 1. The molecule has 0 aliphatic carbocycles. The SMILES string of the molecule is Cc1ccccc1C(=O)Nc1ccc(C(=O)NNC(=O)c2ccccc2I)cc1. The van der Waals surface area contributed by atoms with E-state index in [1.165, 1.54) is 0 Å². The average Bonchev–Trinajstić information content (AvgIpc) is 2.73. The average molecular weight is 499 g/mol. The number of amides is 3. The Morgan fingerprint density at radius 2 is 1.28 bits per heavy atom. The largest absolute Gasteiger partial charge is 0.322 e. The van der Waals surface area contributed by atoms with E-state index in [4.69, 9.17) is 0 Å². The highest BCUT2D eigenvalue weighted by molar-refractivity contribution is 14.1. The van der Waals surface area contributed by atoms with Gasteiger partial charge >= 0.3 is 0 Å². The zero-order valence-corrected chi connectivity index (χ0v) is 17.7. The lowest BCUT2D eigenvalue weighted by molar-refractivity contribution is 0.0846. The van der Waals surface area contributed by atoms with Gasteiger partial charge in [0.2, 0.25) is 0 Å². The van der Waals surface area contributed by atoms with E-state index in [9.17, 15) is 14.4 Å². The molecule has 0 radical (unpaired) electrons. The summed E-state index contributed by atoms with van der Waals surface area (Å²) in [6.07, 6.45) is 0. The quantitative estimate of drug-likeness (QED) is 0.376. The number of hydrogen-bond donors (Lipinski definition) is 3. The first kappa shape index (κ1) is 20.5. The Kier molecular flexibility index (Phi) is 6.61. The molecule has 3 N–H and O–H groups in total. The minimum Gasteiger partial charge on any atom is -0.322 e. The Bertz CT molecular complexity index is 1060. The second-order valence-corrected chi connectivity index (χ2v) is 7.40. The summed E-state index contributed by atoms with van der Waals surface area (Å²) in [5.41, 5.74) is 7.65. The van der Waals surface area contributed by atoms with E-state index in [1.807, 2.05) is 25.1 Å². The van der Waals surface area contributed by atoms with Gasteiger partial charge in [-0.15, -0.1) is 0 Å². The molecule has 0 aromatic heterocycles. The molecule has 0 aliphatic rings. The van der Waals surface area contributed by atoms with Crippen LogP contribution in [0.2, 0.25) is 0 Å². The smallest absolute Gasteiger partial charge is 0.270 e. The molecule has 0 spiro atoms. The molecule has 0 fully saturated rings. The minimum atomic E-state index is -0.457. The lowest BCUT2D eigenvalue weighted by Crippen LogP contribution is -2.41. The van der Waals surface area contributed by atoms with Crippen LogP contribution in [0.1, 0.15) is 36.6 Å². The fourth-order valence-corrected chi connectivity index (χ4v) is 3.26. The van der Waals surface area contributed by atoms with Crippen molar-refractivity contribution in [1.82, 2.24) is 10.9 Å². The second kappa shape index (κ2) is 9.33. The molecular formula is C22H18IN3O3. The maximum atomic E-state index is 12.4. The van der Waals surface area contributed by atoms with Gasteiger partial charge in [0.15, 0.2) is 0 Å². The predicted octanol–water partition coefficient (Wildman–Crippen LogP) is 3.93. The first-order chi connectivity index (χ1) is 14.0. The molecule has 0 saturated carbocycles. The van der Waals surface area contributed by atoms with Crippen LogP contribution >= 0.6 is 22.6 Å². The van der Waals surface area contributed by atoms with Crippen LogP contribution in [-0.4, -0.2) is 17.7 Å². The Hall–Kier alpha value is -3.20. The van der Waals surface area contributed by atoms with Crippen LogP contribution in [0.3, 0.4) is 0 Å². The molecule has 3 amide bonds. The van der Waals surface area contributed by atoms with Crippen molar-refractivity contribution in [3.05, 3.63) is 98.6 Å². The molecule has 146 valence electrons. The summed E-state index contributed by atoms with van der Waals surface area (Å²) in [5.74, 6) is -1.07. The predicted molar refractivity (Wildman–Crippen MR) is 120 cm³/mol. The van der Waals surface area contributed by atoms with E-state index >= 15 is 0 Å². The van der Waals surface area contributed by atoms with Gasteiger partial charge < -0.3 is 5.32 Å². The molecule has 0 atom stereocenters. The van der Waals surface area contributed by atoms with Crippen molar-refractivity contribution >= 4 is 46.0 Å². The van der Waals surface area contributed by atoms with E-state index in [0.29, 0.717) is 22.4 Å².